The van der Waals surface area contributed by atoms with Crippen molar-refractivity contribution in [3.63, 3.8) is 0 Å². The highest BCUT2D eigenvalue weighted by Crippen LogP contribution is 2.26. The van der Waals surface area contributed by atoms with Crippen LogP contribution < -0.4 is 14.8 Å². The third-order valence-corrected chi connectivity index (χ3v) is 5.48. The number of carbonyl (C=O) groups excluding carboxylic acids is 1. The molecule has 0 saturated carbocycles. The number of halogens is 2. The van der Waals surface area contributed by atoms with Gasteiger partial charge in [-0.25, -0.2) is 17.5 Å². The van der Waals surface area contributed by atoms with E-state index in [1.54, 1.807) is 19.9 Å². The van der Waals surface area contributed by atoms with Gasteiger partial charge in [-0.2, -0.15) is 0 Å². The second-order valence-electron chi connectivity index (χ2n) is 6.13. The first kappa shape index (κ1) is 21.9. The molecule has 2 aromatic rings. The summed E-state index contributed by atoms with van der Waals surface area (Å²) in [7, 11) is -2.41. The summed E-state index contributed by atoms with van der Waals surface area (Å²) in [5, 5.41) is 2.59. The summed E-state index contributed by atoms with van der Waals surface area (Å²) in [5.41, 5.74) is 0.738. The molecule has 0 atom stereocenters. The van der Waals surface area contributed by atoms with Gasteiger partial charge in [0.05, 0.1) is 17.8 Å². The monoisotopic (exact) mass is 426 g/mol. The molecule has 0 fully saturated rings. The third kappa shape index (κ3) is 5.79. The van der Waals surface area contributed by atoms with Crippen molar-refractivity contribution >= 4 is 39.3 Å². The Hall–Kier alpha value is -2.42. The quantitative estimate of drug-likeness (QED) is 0.659. The summed E-state index contributed by atoms with van der Waals surface area (Å²) in [6, 6.07) is 7.83. The molecule has 6 nitrogen and oxygen atoms in total. The highest BCUT2D eigenvalue weighted by atomic mass is 35.5. The maximum absolute atomic E-state index is 13.1. The van der Waals surface area contributed by atoms with Gasteiger partial charge in [0.25, 0.3) is 0 Å². The molecule has 0 aromatic heterocycles. The molecule has 0 radical (unpaired) electrons. The van der Waals surface area contributed by atoms with Crippen LogP contribution in [0.4, 0.5) is 10.1 Å². The Morgan fingerprint density at radius 1 is 1.21 bits per heavy atom. The number of sulfonamides is 1. The predicted octanol–water partition coefficient (Wildman–Crippen LogP) is 3.83. The van der Waals surface area contributed by atoms with Crippen LogP contribution in [-0.4, -0.2) is 27.5 Å². The maximum atomic E-state index is 13.1. The summed E-state index contributed by atoms with van der Waals surface area (Å²) in [4.78, 5) is 12.0. The minimum absolute atomic E-state index is 0.0344. The van der Waals surface area contributed by atoms with Crippen molar-refractivity contribution in [1.82, 2.24) is 4.72 Å². The maximum Gasteiger partial charge on any atom is 0.248 e. The Morgan fingerprint density at radius 2 is 1.93 bits per heavy atom. The molecule has 0 aliphatic rings. The molecular formula is C19H20ClFN2O4S. The molecule has 0 saturated heterocycles. The molecule has 0 bridgehead atoms. The number of carbonyl (C=O) groups is 1. The first-order valence-corrected chi connectivity index (χ1v) is 10.1. The summed E-state index contributed by atoms with van der Waals surface area (Å²) >= 11 is 5.87. The predicted molar refractivity (Wildman–Crippen MR) is 108 cm³/mol. The molecule has 0 aliphatic heterocycles. The van der Waals surface area contributed by atoms with Crippen molar-refractivity contribution < 1.29 is 22.3 Å². The van der Waals surface area contributed by atoms with Crippen molar-refractivity contribution in [2.45, 2.75) is 24.8 Å². The van der Waals surface area contributed by atoms with E-state index in [-0.39, 0.29) is 27.4 Å². The van der Waals surface area contributed by atoms with Crippen molar-refractivity contribution in [2.24, 2.45) is 0 Å². The molecule has 2 aromatic carbocycles. The molecule has 2 N–H and O–H groups in total. The average molecular weight is 427 g/mol. The van der Waals surface area contributed by atoms with Crippen LogP contribution in [0.1, 0.15) is 19.4 Å². The van der Waals surface area contributed by atoms with E-state index in [1.165, 1.54) is 43.5 Å². The molecular weight excluding hydrogens is 407 g/mol. The second-order valence-corrected chi connectivity index (χ2v) is 8.22. The molecule has 0 heterocycles. The molecule has 28 heavy (non-hydrogen) atoms. The SMILES string of the molecule is COc1ccc(/C=C/C(=O)Nc2ccc(F)cc2Cl)cc1S(=O)(=O)NC(C)C. The molecule has 150 valence electrons. The van der Waals surface area contributed by atoms with E-state index >= 15 is 0 Å². The highest BCUT2D eigenvalue weighted by Gasteiger charge is 2.20. The van der Waals surface area contributed by atoms with Crippen LogP contribution in [0, 0.1) is 5.82 Å². The molecule has 2 rings (SSSR count). The van der Waals surface area contributed by atoms with Crippen LogP contribution >= 0.6 is 11.6 Å². The van der Waals surface area contributed by atoms with Gasteiger partial charge in [-0.3, -0.25) is 4.79 Å². The number of anilines is 1. The fourth-order valence-electron chi connectivity index (χ4n) is 2.32. The van der Waals surface area contributed by atoms with Gasteiger partial charge in [-0.15, -0.1) is 0 Å². The number of nitrogens with one attached hydrogen (secondary N) is 2. The Balaban J connectivity index is 2.23. The number of methoxy groups -OCH3 is 1. The Kier molecular flexibility index (Phi) is 7.17. The lowest BCUT2D eigenvalue weighted by molar-refractivity contribution is -0.111. The standard InChI is InChI=1S/C19H20ClFN2O4S/c1-12(2)23-28(25,26)18-10-13(4-8-17(18)27-3)5-9-19(24)22-16-7-6-14(21)11-15(16)20/h4-12,23H,1-3H3,(H,22,24)/b9-5+. The van der Waals surface area contributed by atoms with Gasteiger partial charge in [0.15, 0.2) is 0 Å². The number of hydrogen-bond donors (Lipinski definition) is 2. The Labute approximate surface area is 168 Å². The molecule has 0 aliphatic carbocycles. The van der Waals surface area contributed by atoms with Gasteiger partial charge >= 0.3 is 0 Å². The lowest BCUT2D eigenvalue weighted by Crippen LogP contribution is -2.30. The van der Waals surface area contributed by atoms with Gasteiger partial charge in [0.2, 0.25) is 15.9 Å². The first-order valence-electron chi connectivity index (χ1n) is 8.27. The molecule has 1 amide bonds. The van der Waals surface area contributed by atoms with Gasteiger partial charge < -0.3 is 10.1 Å². The van der Waals surface area contributed by atoms with Crippen molar-refractivity contribution in [1.29, 1.82) is 0 Å². The van der Waals surface area contributed by atoms with Gasteiger partial charge in [-0.05, 0) is 55.8 Å². The van der Waals surface area contributed by atoms with Crippen LogP contribution in [0.15, 0.2) is 47.4 Å². The van der Waals surface area contributed by atoms with Gasteiger partial charge in [0.1, 0.15) is 16.5 Å². The largest absolute Gasteiger partial charge is 0.495 e. The second kappa shape index (κ2) is 9.18. The zero-order valence-corrected chi connectivity index (χ0v) is 17.1. The lowest BCUT2D eigenvalue weighted by atomic mass is 10.2. The number of ether oxygens (including phenoxy) is 1. The smallest absolute Gasteiger partial charge is 0.248 e. The minimum Gasteiger partial charge on any atom is -0.495 e. The fourth-order valence-corrected chi connectivity index (χ4v) is 3.99. The lowest BCUT2D eigenvalue weighted by Gasteiger charge is -2.13. The summed E-state index contributed by atoms with van der Waals surface area (Å²) in [6.07, 6.45) is 2.66. The van der Waals surface area contributed by atoms with Crippen LogP contribution in [0.25, 0.3) is 6.08 Å². The van der Waals surface area contributed by atoms with Gasteiger partial charge in [-0.1, -0.05) is 17.7 Å². The van der Waals surface area contributed by atoms with Crippen LogP contribution in [-0.2, 0) is 14.8 Å². The third-order valence-electron chi connectivity index (χ3n) is 3.48. The zero-order valence-electron chi connectivity index (χ0n) is 15.5. The molecule has 9 heteroatoms. The van der Waals surface area contributed by atoms with E-state index < -0.39 is 21.7 Å². The van der Waals surface area contributed by atoms with E-state index in [0.29, 0.717) is 5.56 Å². The number of rotatable bonds is 7. The van der Waals surface area contributed by atoms with E-state index in [1.807, 2.05) is 0 Å². The van der Waals surface area contributed by atoms with Gasteiger partial charge in [0, 0.05) is 12.1 Å². The summed E-state index contributed by atoms with van der Waals surface area (Å²) in [5.74, 6) is -0.831. The van der Waals surface area contributed by atoms with Crippen molar-refractivity contribution in [3.05, 3.63) is 58.9 Å². The number of hydrogen-bond acceptors (Lipinski definition) is 4. The highest BCUT2D eigenvalue weighted by molar-refractivity contribution is 7.89. The van der Waals surface area contributed by atoms with E-state index in [0.717, 1.165) is 6.07 Å². The normalized spacial score (nSPS) is 11.8. The van der Waals surface area contributed by atoms with Crippen LogP contribution in [0.5, 0.6) is 5.75 Å². The molecule has 0 spiro atoms. The van der Waals surface area contributed by atoms with Crippen LogP contribution in [0.2, 0.25) is 5.02 Å². The number of benzene rings is 2. The Bertz CT molecular complexity index is 1010. The van der Waals surface area contributed by atoms with E-state index in [2.05, 4.69) is 10.0 Å². The fraction of sp³-hybridized carbons (Fsp3) is 0.211. The number of amides is 1. The summed E-state index contributed by atoms with van der Waals surface area (Å²) < 4.78 is 45.6. The molecule has 0 unspecified atom stereocenters. The topological polar surface area (TPSA) is 84.5 Å². The van der Waals surface area contributed by atoms with E-state index in [4.69, 9.17) is 16.3 Å². The summed E-state index contributed by atoms with van der Waals surface area (Å²) in [6.45, 7) is 3.41. The average Bonchev–Trinajstić information content (AvgIpc) is 2.61. The first-order chi connectivity index (χ1) is 13.1. The van der Waals surface area contributed by atoms with Crippen LogP contribution in [0.3, 0.4) is 0 Å². The minimum atomic E-state index is -3.78. The van der Waals surface area contributed by atoms with E-state index in [9.17, 15) is 17.6 Å². The van der Waals surface area contributed by atoms with Crippen molar-refractivity contribution in [3.8, 4) is 5.75 Å². The zero-order chi connectivity index (χ0) is 20.9. The van der Waals surface area contributed by atoms with Crippen molar-refractivity contribution in [2.75, 3.05) is 12.4 Å². The Morgan fingerprint density at radius 3 is 2.54 bits per heavy atom.